The van der Waals surface area contributed by atoms with Crippen LogP contribution in [-0.4, -0.2) is 35.3 Å². The Bertz CT molecular complexity index is 1050. The molecule has 0 aliphatic carbocycles. The van der Waals surface area contributed by atoms with E-state index < -0.39 is 57.7 Å². The summed E-state index contributed by atoms with van der Waals surface area (Å²) in [5, 5.41) is 9.49. The smallest absolute Gasteiger partial charge is 0.424 e. The van der Waals surface area contributed by atoms with Gasteiger partial charge in [-0.05, 0) is 25.1 Å². The van der Waals surface area contributed by atoms with Crippen molar-refractivity contribution in [2.75, 3.05) is 13.2 Å². The summed E-state index contributed by atoms with van der Waals surface area (Å²) in [7, 11) is 0. The van der Waals surface area contributed by atoms with E-state index in [9.17, 15) is 31.9 Å². The van der Waals surface area contributed by atoms with E-state index in [2.05, 4.69) is 4.98 Å². The van der Waals surface area contributed by atoms with Crippen LogP contribution in [0.25, 0.3) is 11.3 Å². The van der Waals surface area contributed by atoms with Crippen LogP contribution in [0.4, 0.5) is 22.0 Å². The predicted octanol–water partition coefficient (Wildman–Crippen LogP) is 2.52. The van der Waals surface area contributed by atoms with Gasteiger partial charge in [0.1, 0.15) is 23.5 Å². The fourth-order valence-electron chi connectivity index (χ4n) is 3.06. The molecule has 0 fully saturated rings. The van der Waals surface area contributed by atoms with E-state index in [-0.39, 0.29) is 23.5 Å². The first-order chi connectivity index (χ1) is 13.8. The van der Waals surface area contributed by atoms with Gasteiger partial charge in [-0.25, -0.2) is 13.8 Å². The molecule has 0 radical (unpaired) electrons. The van der Waals surface area contributed by atoms with Gasteiger partial charge in [0.05, 0.1) is 10.7 Å². The van der Waals surface area contributed by atoms with Crippen molar-refractivity contribution in [3.63, 3.8) is 0 Å². The molecule has 1 aliphatic rings. The quantitative estimate of drug-likeness (QED) is 0.488. The Kier molecular flexibility index (Phi) is 5.20. The second-order valence-electron chi connectivity index (χ2n) is 7.00. The minimum atomic E-state index is -5.25. The molecule has 0 spiro atoms. The zero-order valence-electron chi connectivity index (χ0n) is 15.3. The molecular weight excluding hydrogens is 437 g/mol. The second kappa shape index (κ2) is 7.03. The summed E-state index contributed by atoms with van der Waals surface area (Å²) in [4.78, 5) is 15.8. The molecule has 1 aromatic carbocycles. The van der Waals surface area contributed by atoms with Crippen LogP contribution in [0.1, 0.15) is 18.2 Å². The summed E-state index contributed by atoms with van der Waals surface area (Å²) in [5.41, 5.74) is 3.53. The SMILES string of the molecule is C[C@]1(C(N)=O)COc2c1cc([C@@](O)(CN)C(F)(F)F)nc2-c1ccc(F)c(F)c1Cl. The lowest BCUT2D eigenvalue weighted by molar-refractivity contribution is -0.263. The van der Waals surface area contributed by atoms with Gasteiger partial charge in [-0.2, -0.15) is 13.2 Å². The number of hydrogen-bond donors (Lipinski definition) is 3. The molecular formula is C18H15ClF5N3O3. The van der Waals surface area contributed by atoms with Gasteiger partial charge in [-0.3, -0.25) is 4.79 Å². The van der Waals surface area contributed by atoms with E-state index in [0.29, 0.717) is 6.07 Å². The number of amides is 1. The minimum absolute atomic E-state index is 0.132. The Morgan fingerprint density at radius 2 is 2.00 bits per heavy atom. The maximum atomic E-state index is 14.0. The van der Waals surface area contributed by atoms with Gasteiger partial charge < -0.3 is 21.3 Å². The maximum Gasteiger partial charge on any atom is 0.424 e. The third-order valence-electron chi connectivity index (χ3n) is 5.09. The summed E-state index contributed by atoms with van der Waals surface area (Å²) in [6.07, 6.45) is -5.25. The lowest BCUT2D eigenvalue weighted by Gasteiger charge is -2.30. The summed E-state index contributed by atoms with van der Waals surface area (Å²) >= 11 is 5.85. The summed E-state index contributed by atoms with van der Waals surface area (Å²) in [6, 6.07) is 2.48. The van der Waals surface area contributed by atoms with Gasteiger partial charge in [-0.1, -0.05) is 11.6 Å². The number of hydrogen-bond acceptors (Lipinski definition) is 5. The lowest BCUT2D eigenvalue weighted by Crippen LogP contribution is -2.49. The van der Waals surface area contributed by atoms with Crippen LogP contribution in [0.2, 0.25) is 5.02 Å². The molecule has 1 aromatic heterocycles. The first-order valence-corrected chi connectivity index (χ1v) is 8.77. The third-order valence-corrected chi connectivity index (χ3v) is 5.46. The molecule has 0 saturated heterocycles. The zero-order chi connectivity index (χ0) is 22.6. The van der Waals surface area contributed by atoms with Gasteiger partial charge >= 0.3 is 6.18 Å². The van der Waals surface area contributed by atoms with E-state index in [1.54, 1.807) is 0 Å². The molecule has 2 heterocycles. The number of nitrogens with two attached hydrogens (primary N) is 2. The van der Waals surface area contributed by atoms with Crippen molar-refractivity contribution >= 4 is 17.5 Å². The van der Waals surface area contributed by atoms with Crippen molar-refractivity contribution in [2.24, 2.45) is 11.5 Å². The van der Waals surface area contributed by atoms with Crippen molar-refractivity contribution in [2.45, 2.75) is 24.1 Å². The highest BCUT2D eigenvalue weighted by Gasteiger charge is 2.56. The van der Waals surface area contributed by atoms with Crippen LogP contribution in [0.15, 0.2) is 18.2 Å². The van der Waals surface area contributed by atoms with Crippen LogP contribution in [0.3, 0.4) is 0 Å². The van der Waals surface area contributed by atoms with Gasteiger partial charge in [0.2, 0.25) is 11.5 Å². The van der Waals surface area contributed by atoms with E-state index in [1.807, 2.05) is 0 Å². The van der Waals surface area contributed by atoms with Gasteiger partial charge in [0.25, 0.3) is 0 Å². The Hall–Kier alpha value is -2.50. The molecule has 3 rings (SSSR count). The normalized spacial score (nSPS) is 20.4. The number of nitrogens with zero attached hydrogens (tertiary/aromatic N) is 1. The average Bonchev–Trinajstić information content (AvgIpc) is 3.02. The number of rotatable bonds is 4. The number of ether oxygens (including phenoxy) is 1. The minimum Gasteiger partial charge on any atom is -0.489 e. The molecule has 0 saturated carbocycles. The van der Waals surface area contributed by atoms with Gasteiger partial charge in [0.15, 0.2) is 11.6 Å². The molecule has 162 valence electrons. The van der Waals surface area contributed by atoms with Gasteiger partial charge in [-0.15, -0.1) is 0 Å². The number of fused-ring (bicyclic) bond motifs is 1. The van der Waals surface area contributed by atoms with E-state index in [1.165, 1.54) is 6.92 Å². The standard InChI is InChI=1S/C18H15ClF5N3O3/c1-16(15(26)28)6-30-14-8(16)4-10(17(29,5-25)18(22,23)24)27-13(14)7-2-3-9(20)12(21)11(7)19/h2-4,29H,5-6,25H2,1H3,(H2,26,28)/t16-,17-/m0/s1. The number of benzene rings is 1. The van der Waals surface area contributed by atoms with E-state index in [0.717, 1.165) is 12.1 Å². The number of pyridine rings is 1. The molecule has 1 amide bonds. The first kappa shape index (κ1) is 22.2. The molecule has 6 nitrogen and oxygen atoms in total. The van der Waals surface area contributed by atoms with Crippen molar-refractivity contribution in [3.05, 3.63) is 46.1 Å². The fourth-order valence-corrected chi connectivity index (χ4v) is 3.30. The van der Waals surface area contributed by atoms with Gasteiger partial charge in [0, 0.05) is 17.7 Å². The van der Waals surface area contributed by atoms with Crippen molar-refractivity contribution in [3.8, 4) is 17.0 Å². The largest absolute Gasteiger partial charge is 0.489 e. The number of aromatic nitrogens is 1. The number of carbonyl (C=O) groups is 1. The van der Waals surface area contributed by atoms with Crippen LogP contribution < -0.4 is 16.2 Å². The average molecular weight is 452 g/mol. The highest BCUT2D eigenvalue weighted by molar-refractivity contribution is 6.33. The summed E-state index contributed by atoms with van der Waals surface area (Å²) < 4.78 is 73.7. The second-order valence-corrected chi connectivity index (χ2v) is 7.38. The molecule has 2 aromatic rings. The van der Waals surface area contributed by atoms with Crippen LogP contribution >= 0.6 is 11.6 Å². The van der Waals surface area contributed by atoms with Crippen molar-refractivity contribution in [1.82, 2.24) is 4.98 Å². The topological polar surface area (TPSA) is 111 Å². The number of alkyl halides is 3. The fraction of sp³-hybridized carbons (Fsp3) is 0.333. The Morgan fingerprint density at radius 3 is 2.53 bits per heavy atom. The highest BCUT2D eigenvalue weighted by atomic mass is 35.5. The Labute approximate surface area is 171 Å². The Morgan fingerprint density at radius 1 is 1.37 bits per heavy atom. The number of carbonyl (C=O) groups excluding carboxylic acids is 1. The third kappa shape index (κ3) is 3.08. The Balaban J connectivity index is 2.41. The molecule has 2 atom stereocenters. The molecule has 0 bridgehead atoms. The van der Waals surface area contributed by atoms with E-state index >= 15 is 0 Å². The molecule has 1 aliphatic heterocycles. The molecule has 0 unspecified atom stereocenters. The number of primary amides is 1. The van der Waals surface area contributed by atoms with Crippen LogP contribution in [-0.2, 0) is 15.8 Å². The monoisotopic (exact) mass is 451 g/mol. The van der Waals surface area contributed by atoms with Crippen molar-refractivity contribution in [1.29, 1.82) is 0 Å². The van der Waals surface area contributed by atoms with E-state index in [4.69, 9.17) is 27.8 Å². The summed E-state index contributed by atoms with van der Waals surface area (Å²) in [6.45, 7) is -0.345. The number of halogens is 6. The molecule has 5 N–H and O–H groups in total. The lowest BCUT2D eigenvalue weighted by atomic mass is 9.82. The molecule has 30 heavy (non-hydrogen) atoms. The van der Waals surface area contributed by atoms with Crippen LogP contribution in [0.5, 0.6) is 5.75 Å². The molecule has 12 heteroatoms. The predicted molar refractivity (Wildman–Crippen MR) is 95.6 cm³/mol. The first-order valence-electron chi connectivity index (χ1n) is 8.39. The zero-order valence-corrected chi connectivity index (χ0v) is 16.0. The van der Waals surface area contributed by atoms with Crippen LogP contribution in [0, 0.1) is 11.6 Å². The number of aliphatic hydroxyl groups is 1. The van der Waals surface area contributed by atoms with Crippen molar-refractivity contribution < 1.29 is 36.6 Å². The summed E-state index contributed by atoms with van der Waals surface area (Å²) in [5.74, 6) is -3.89. The maximum absolute atomic E-state index is 14.0. The highest BCUT2D eigenvalue weighted by Crippen LogP contribution is 2.48.